The lowest BCUT2D eigenvalue weighted by Crippen LogP contribution is -2.18. The monoisotopic (exact) mass is 322 g/mol. The molecule has 5 nitrogen and oxygen atoms in total. The molecule has 2 aromatic rings. The molecule has 7 heteroatoms. The van der Waals surface area contributed by atoms with Gasteiger partial charge < -0.3 is 10.1 Å². The van der Waals surface area contributed by atoms with Crippen LogP contribution in [-0.4, -0.2) is 40.2 Å². The second-order valence-corrected chi connectivity index (χ2v) is 7.13. The molecule has 0 bridgehead atoms. The first-order valence-electron chi connectivity index (χ1n) is 7.12. The summed E-state index contributed by atoms with van der Waals surface area (Å²) in [4.78, 5) is 4.32. The Labute approximate surface area is 132 Å². The van der Waals surface area contributed by atoms with Gasteiger partial charge in [-0.05, 0) is 31.4 Å². The third-order valence-electron chi connectivity index (χ3n) is 3.22. The first-order chi connectivity index (χ1) is 10.4. The van der Waals surface area contributed by atoms with Gasteiger partial charge in [0.1, 0.15) is 0 Å². The fourth-order valence-electron chi connectivity index (χ4n) is 2.13. The van der Waals surface area contributed by atoms with E-state index in [4.69, 9.17) is 4.74 Å². The summed E-state index contributed by atoms with van der Waals surface area (Å²) >= 11 is 3.33. The van der Waals surface area contributed by atoms with E-state index in [9.17, 15) is 0 Å². The molecule has 3 rings (SSSR count). The molecule has 1 fully saturated rings. The molecule has 1 unspecified atom stereocenters. The van der Waals surface area contributed by atoms with E-state index in [1.165, 1.54) is 0 Å². The third-order valence-corrected chi connectivity index (χ3v) is 5.24. The van der Waals surface area contributed by atoms with Crippen LogP contribution >= 0.6 is 23.1 Å². The van der Waals surface area contributed by atoms with Crippen molar-refractivity contribution in [2.45, 2.75) is 29.7 Å². The fraction of sp³-hybridized carbons (Fsp3) is 0.500. The van der Waals surface area contributed by atoms with Crippen molar-refractivity contribution in [2.75, 3.05) is 24.2 Å². The number of pyridine rings is 1. The SMILES string of the molecule is c1ccc(CCSc2nnc(NCC3CCCO3)s2)nc1. The van der Waals surface area contributed by atoms with Crippen LogP contribution < -0.4 is 5.32 Å². The molecule has 0 aromatic carbocycles. The van der Waals surface area contributed by atoms with Crippen LogP contribution in [0.1, 0.15) is 18.5 Å². The number of nitrogens with zero attached hydrogens (tertiary/aromatic N) is 3. The highest BCUT2D eigenvalue weighted by atomic mass is 32.2. The summed E-state index contributed by atoms with van der Waals surface area (Å²) in [6, 6.07) is 6.01. The smallest absolute Gasteiger partial charge is 0.206 e. The predicted molar refractivity (Wildman–Crippen MR) is 86.0 cm³/mol. The van der Waals surface area contributed by atoms with Crippen molar-refractivity contribution < 1.29 is 4.74 Å². The summed E-state index contributed by atoms with van der Waals surface area (Å²) in [5, 5.41) is 12.6. The first-order valence-corrected chi connectivity index (χ1v) is 8.92. The van der Waals surface area contributed by atoms with Gasteiger partial charge in [0.2, 0.25) is 5.13 Å². The normalized spacial score (nSPS) is 18.0. The Kier molecular flexibility index (Phi) is 5.42. The van der Waals surface area contributed by atoms with Gasteiger partial charge in [0.25, 0.3) is 0 Å². The van der Waals surface area contributed by atoms with Crippen LogP contribution in [0.5, 0.6) is 0 Å². The van der Waals surface area contributed by atoms with Gasteiger partial charge in [-0.2, -0.15) is 0 Å². The molecular weight excluding hydrogens is 304 g/mol. The average Bonchev–Trinajstić information content (AvgIpc) is 3.18. The predicted octanol–water partition coefficient (Wildman–Crippen LogP) is 2.86. The van der Waals surface area contributed by atoms with Gasteiger partial charge in [-0.15, -0.1) is 10.2 Å². The highest BCUT2D eigenvalue weighted by Crippen LogP contribution is 2.26. The highest BCUT2D eigenvalue weighted by Gasteiger charge is 2.15. The third kappa shape index (κ3) is 4.66. The van der Waals surface area contributed by atoms with Gasteiger partial charge in [0, 0.05) is 30.8 Å². The maximum Gasteiger partial charge on any atom is 0.206 e. The maximum atomic E-state index is 5.58. The number of hydrogen-bond acceptors (Lipinski definition) is 7. The van der Waals surface area contributed by atoms with E-state index in [1.807, 2.05) is 18.3 Å². The Balaban J connectivity index is 1.40. The summed E-state index contributed by atoms with van der Waals surface area (Å²) in [6.07, 6.45) is 5.41. The Morgan fingerprint density at radius 2 is 2.38 bits per heavy atom. The number of aromatic nitrogens is 3. The van der Waals surface area contributed by atoms with E-state index in [1.54, 1.807) is 23.1 Å². The molecule has 1 aliphatic rings. The molecule has 1 saturated heterocycles. The summed E-state index contributed by atoms with van der Waals surface area (Å²) in [5.74, 6) is 0.970. The van der Waals surface area contributed by atoms with Crippen molar-refractivity contribution in [3.8, 4) is 0 Å². The first kappa shape index (κ1) is 14.7. The molecular formula is C14H18N4OS2. The second-order valence-electron chi connectivity index (χ2n) is 4.81. The molecule has 1 atom stereocenters. The molecule has 0 aliphatic carbocycles. The van der Waals surface area contributed by atoms with Crippen LogP contribution in [0.15, 0.2) is 28.7 Å². The van der Waals surface area contributed by atoms with Gasteiger partial charge >= 0.3 is 0 Å². The molecule has 0 saturated carbocycles. The van der Waals surface area contributed by atoms with Crippen LogP contribution in [0.4, 0.5) is 5.13 Å². The number of aryl methyl sites for hydroxylation is 1. The van der Waals surface area contributed by atoms with Crippen molar-refractivity contribution in [3.05, 3.63) is 30.1 Å². The Bertz CT molecular complexity index is 543. The van der Waals surface area contributed by atoms with Crippen molar-refractivity contribution in [3.63, 3.8) is 0 Å². The van der Waals surface area contributed by atoms with Crippen LogP contribution in [0, 0.1) is 0 Å². The van der Waals surface area contributed by atoms with E-state index in [-0.39, 0.29) is 0 Å². The van der Waals surface area contributed by atoms with E-state index in [0.717, 1.165) is 53.3 Å². The lowest BCUT2D eigenvalue weighted by Gasteiger charge is -2.08. The molecule has 0 amide bonds. The Hall–Kier alpha value is -1.18. The molecule has 0 radical (unpaired) electrons. The lowest BCUT2D eigenvalue weighted by molar-refractivity contribution is 0.120. The Morgan fingerprint density at radius 3 is 3.19 bits per heavy atom. The number of rotatable bonds is 7. The van der Waals surface area contributed by atoms with Crippen LogP contribution in [0.3, 0.4) is 0 Å². The van der Waals surface area contributed by atoms with Crippen molar-refractivity contribution in [1.82, 2.24) is 15.2 Å². The van der Waals surface area contributed by atoms with E-state index >= 15 is 0 Å². The number of hydrogen-bond donors (Lipinski definition) is 1. The number of nitrogens with one attached hydrogen (secondary N) is 1. The highest BCUT2D eigenvalue weighted by molar-refractivity contribution is 8.01. The van der Waals surface area contributed by atoms with Crippen LogP contribution in [-0.2, 0) is 11.2 Å². The van der Waals surface area contributed by atoms with Gasteiger partial charge in [0.05, 0.1) is 6.10 Å². The Morgan fingerprint density at radius 1 is 1.38 bits per heavy atom. The summed E-state index contributed by atoms with van der Waals surface area (Å²) in [7, 11) is 0. The summed E-state index contributed by atoms with van der Waals surface area (Å²) in [6.45, 7) is 1.71. The lowest BCUT2D eigenvalue weighted by atomic mass is 10.2. The standard InChI is InChI=1S/C14H18N4OS2/c1-2-7-15-11(4-1)6-9-20-14-18-17-13(21-14)16-10-12-5-3-8-19-12/h1-2,4,7,12H,3,5-6,8-10H2,(H,16,17). The molecule has 0 spiro atoms. The van der Waals surface area contributed by atoms with E-state index in [2.05, 4.69) is 26.6 Å². The second kappa shape index (κ2) is 7.72. The molecule has 2 aromatic heterocycles. The fourth-order valence-corrected chi connectivity index (χ4v) is 3.93. The van der Waals surface area contributed by atoms with Crippen LogP contribution in [0.2, 0.25) is 0 Å². The minimum atomic E-state index is 0.328. The number of anilines is 1. The zero-order valence-electron chi connectivity index (χ0n) is 11.7. The minimum absolute atomic E-state index is 0.328. The topological polar surface area (TPSA) is 59.9 Å². The van der Waals surface area contributed by atoms with E-state index < -0.39 is 0 Å². The number of thioether (sulfide) groups is 1. The van der Waals surface area contributed by atoms with Gasteiger partial charge in [0.15, 0.2) is 4.34 Å². The van der Waals surface area contributed by atoms with Gasteiger partial charge in [-0.25, -0.2) is 0 Å². The van der Waals surface area contributed by atoms with E-state index in [0.29, 0.717) is 6.10 Å². The van der Waals surface area contributed by atoms with Crippen molar-refractivity contribution in [2.24, 2.45) is 0 Å². The van der Waals surface area contributed by atoms with Crippen molar-refractivity contribution >= 4 is 28.2 Å². The minimum Gasteiger partial charge on any atom is -0.376 e. The van der Waals surface area contributed by atoms with Gasteiger partial charge in [-0.1, -0.05) is 29.2 Å². The molecule has 112 valence electrons. The quantitative estimate of drug-likeness (QED) is 0.791. The van der Waals surface area contributed by atoms with Crippen molar-refractivity contribution in [1.29, 1.82) is 0 Å². The summed E-state index contributed by atoms with van der Waals surface area (Å²) < 4.78 is 6.58. The van der Waals surface area contributed by atoms with Gasteiger partial charge in [-0.3, -0.25) is 4.98 Å². The molecule has 21 heavy (non-hydrogen) atoms. The zero-order valence-corrected chi connectivity index (χ0v) is 13.3. The molecule has 1 aliphatic heterocycles. The number of ether oxygens (including phenoxy) is 1. The molecule has 3 heterocycles. The average molecular weight is 322 g/mol. The summed E-state index contributed by atoms with van der Waals surface area (Å²) in [5.41, 5.74) is 1.12. The van der Waals surface area contributed by atoms with Crippen LogP contribution in [0.25, 0.3) is 0 Å². The maximum absolute atomic E-state index is 5.58. The largest absolute Gasteiger partial charge is 0.376 e. The zero-order chi connectivity index (χ0) is 14.3. The molecule has 1 N–H and O–H groups in total.